The van der Waals surface area contributed by atoms with E-state index in [0.717, 1.165) is 34.7 Å². The second kappa shape index (κ2) is 7.41. The number of nitrogens with zero attached hydrogens (tertiary/aromatic N) is 2. The van der Waals surface area contributed by atoms with E-state index in [1.165, 1.54) is 6.07 Å². The van der Waals surface area contributed by atoms with E-state index in [9.17, 15) is 9.18 Å². The SMILES string of the molecule is O=C(NCc1ccccc1F)[C@H]1CCCN(c2nc3ccccc3s2)C1. The second-order valence-electron chi connectivity index (χ2n) is 6.56. The lowest BCUT2D eigenvalue weighted by Crippen LogP contribution is -2.43. The first-order chi connectivity index (χ1) is 12.7. The molecule has 1 aromatic heterocycles. The molecule has 0 radical (unpaired) electrons. The third-order valence-electron chi connectivity index (χ3n) is 4.76. The molecule has 1 fully saturated rings. The van der Waals surface area contributed by atoms with Crippen LogP contribution in [0, 0.1) is 11.7 Å². The maximum atomic E-state index is 13.7. The van der Waals surface area contributed by atoms with Gasteiger partial charge in [-0.15, -0.1) is 0 Å². The maximum absolute atomic E-state index is 13.7. The van der Waals surface area contributed by atoms with Crippen molar-refractivity contribution >= 4 is 32.6 Å². The predicted molar refractivity (Wildman–Crippen MR) is 103 cm³/mol. The molecule has 0 spiro atoms. The van der Waals surface area contributed by atoms with Gasteiger partial charge in [0.2, 0.25) is 5.91 Å². The lowest BCUT2D eigenvalue weighted by atomic mass is 9.97. The Morgan fingerprint density at radius 1 is 1.23 bits per heavy atom. The normalized spacial score (nSPS) is 17.4. The van der Waals surface area contributed by atoms with Crippen LogP contribution >= 0.6 is 11.3 Å². The number of hydrogen-bond donors (Lipinski definition) is 1. The third-order valence-corrected chi connectivity index (χ3v) is 5.85. The monoisotopic (exact) mass is 369 g/mol. The van der Waals surface area contributed by atoms with Crippen LogP contribution < -0.4 is 10.2 Å². The van der Waals surface area contributed by atoms with E-state index in [4.69, 9.17) is 4.98 Å². The summed E-state index contributed by atoms with van der Waals surface area (Å²) >= 11 is 1.66. The minimum absolute atomic E-state index is 0.0148. The summed E-state index contributed by atoms with van der Waals surface area (Å²) in [5.41, 5.74) is 1.51. The second-order valence-corrected chi connectivity index (χ2v) is 7.57. The molecule has 4 rings (SSSR count). The zero-order valence-electron chi connectivity index (χ0n) is 14.3. The Balaban J connectivity index is 1.41. The molecule has 0 aliphatic carbocycles. The van der Waals surface area contributed by atoms with E-state index in [-0.39, 0.29) is 24.2 Å². The fourth-order valence-electron chi connectivity index (χ4n) is 3.33. The molecule has 1 aliphatic rings. The van der Waals surface area contributed by atoms with E-state index in [2.05, 4.69) is 16.3 Å². The molecule has 3 aromatic rings. The number of fused-ring (bicyclic) bond motifs is 1. The van der Waals surface area contributed by atoms with Gasteiger partial charge in [-0.05, 0) is 31.0 Å². The third kappa shape index (κ3) is 3.55. The Morgan fingerprint density at radius 2 is 2.04 bits per heavy atom. The van der Waals surface area contributed by atoms with Crippen molar-refractivity contribution in [2.45, 2.75) is 19.4 Å². The number of carbonyl (C=O) groups excluding carboxylic acids is 1. The van der Waals surface area contributed by atoms with Crippen LogP contribution in [-0.4, -0.2) is 24.0 Å². The Labute approximate surface area is 155 Å². The van der Waals surface area contributed by atoms with Crippen LogP contribution in [0.5, 0.6) is 0 Å². The molecule has 0 bridgehead atoms. The highest BCUT2D eigenvalue weighted by Gasteiger charge is 2.27. The summed E-state index contributed by atoms with van der Waals surface area (Å²) in [4.78, 5) is 19.4. The van der Waals surface area contributed by atoms with Gasteiger partial charge in [0.25, 0.3) is 0 Å². The number of benzene rings is 2. The Kier molecular flexibility index (Phi) is 4.84. The number of nitrogens with one attached hydrogen (secondary N) is 1. The molecule has 1 amide bonds. The number of thiazole rings is 1. The fraction of sp³-hybridized carbons (Fsp3) is 0.300. The molecule has 134 valence electrons. The van der Waals surface area contributed by atoms with Gasteiger partial charge in [-0.3, -0.25) is 4.79 Å². The van der Waals surface area contributed by atoms with Gasteiger partial charge in [0.05, 0.1) is 16.1 Å². The number of rotatable bonds is 4. The summed E-state index contributed by atoms with van der Waals surface area (Å²) < 4.78 is 14.9. The van der Waals surface area contributed by atoms with Gasteiger partial charge >= 0.3 is 0 Å². The summed E-state index contributed by atoms with van der Waals surface area (Å²) in [5, 5.41) is 3.86. The van der Waals surface area contributed by atoms with Crippen molar-refractivity contribution in [3.8, 4) is 0 Å². The van der Waals surface area contributed by atoms with Crippen molar-refractivity contribution in [1.82, 2.24) is 10.3 Å². The molecule has 4 nitrogen and oxygen atoms in total. The van der Waals surface area contributed by atoms with E-state index >= 15 is 0 Å². The van der Waals surface area contributed by atoms with Gasteiger partial charge < -0.3 is 10.2 Å². The molecule has 26 heavy (non-hydrogen) atoms. The molecule has 1 atom stereocenters. The quantitative estimate of drug-likeness (QED) is 0.757. The molecule has 1 N–H and O–H groups in total. The summed E-state index contributed by atoms with van der Waals surface area (Å²) in [6.07, 6.45) is 1.80. The Hall–Kier alpha value is -2.47. The van der Waals surface area contributed by atoms with Crippen LogP contribution in [0.25, 0.3) is 10.2 Å². The number of halogens is 1. The number of para-hydroxylation sites is 1. The van der Waals surface area contributed by atoms with Crippen molar-refractivity contribution < 1.29 is 9.18 Å². The van der Waals surface area contributed by atoms with Crippen LogP contribution in [0.4, 0.5) is 9.52 Å². The van der Waals surface area contributed by atoms with Gasteiger partial charge in [0.15, 0.2) is 5.13 Å². The highest BCUT2D eigenvalue weighted by Crippen LogP contribution is 2.31. The number of amides is 1. The molecule has 2 heterocycles. The molecule has 1 aliphatic heterocycles. The largest absolute Gasteiger partial charge is 0.352 e. The van der Waals surface area contributed by atoms with Crippen molar-refractivity contribution in [2.75, 3.05) is 18.0 Å². The van der Waals surface area contributed by atoms with E-state index in [1.54, 1.807) is 29.5 Å². The molecule has 1 saturated heterocycles. The van der Waals surface area contributed by atoms with Gasteiger partial charge in [-0.1, -0.05) is 41.7 Å². The van der Waals surface area contributed by atoms with Crippen LogP contribution in [0.15, 0.2) is 48.5 Å². The summed E-state index contributed by atoms with van der Waals surface area (Å²) in [5.74, 6) is -0.394. The average Bonchev–Trinajstić information content (AvgIpc) is 3.11. The van der Waals surface area contributed by atoms with Crippen molar-refractivity contribution in [2.24, 2.45) is 5.92 Å². The Bertz CT molecular complexity index is 893. The zero-order chi connectivity index (χ0) is 17.9. The topological polar surface area (TPSA) is 45.2 Å². The van der Waals surface area contributed by atoms with Gasteiger partial charge in [-0.2, -0.15) is 0 Å². The predicted octanol–water partition coefficient (Wildman–Crippen LogP) is 3.97. The van der Waals surface area contributed by atoms with Gasteiger partial charge in [-0.25, -0.2) is 9.37 Å². The molecular formula is C20H20FN3OS. The van der Waals surface area contributed by atoms with E-state index in [0.29, 0.717) is 12.1 Å². The number of aromatic nitrogens is 1. The first-order valence-corrected chi connectivity index (χ1v) is 9.64. The summed E-state index contributed by atoms with van der Waals surface area (Å²) in [6.45, 7) is 1.79. The lowest BCUT2D eigenvalue weighted by Gasteiger charge is -2.31. The smallest absolute Gasteiger partial charge is 0.225 e. The van der Waals surface area contributed by atoms with Gasteiger partial charge in [0.1, 0.15) is 5.82 Å². The number of carbonyl (C=O) groups is 1. The van der Waals surface area contributed by atoms with Gasteiger partial charge in [0, 0.05) is 25.2 Å². The number of piperidine rings is 1. The minimum atomic E-state index is -0.285. The van der Waals surface area contributed by atoms with Crippen LogP contribution in [0.3, 0.4) is 0 Å². The van der Waals surface area contributed by atoms with Crippen LogP contribution in [0.1, 0.15) is 18.4 Å². The minimum Gasteiger partial charge on any atom is -0.352 e. The molecule has 0 unspecified atom stereocenters. The van der Waals surface area contributed by atoms with Crippen molar-refractivity contribution in [1.29, 1.82) is 0 Å². The molecule has 6 heteroatoms. The number of hydrogen-bond acceptors (Lipinski definition) is 4. The number of anilines is 1. The van der Waals surface area contributed by atoms with Crippen molar-refractivity contribution in [3.05, 3.63) is 59.9 Å². The zero-order valence-corrected chi connectivity index (χ0v) is 15.1. The fourth-order valence-corrected chi connectivity index (χ4v) is 4.33. The highest BCUT2D eigenvalue weighted by atomic mass is 32.1. The Morgan fingerprint density at radius 3 is 2.88 bits per heavy atom. The highest BCUT2D eigenvalue weighted by molar-refractivity contribution is 7.22. The van der Waals surface area contributed by atoms with E-state index < -0.39 is 0 Å². The summed E-state index contributed by atoms with van der Waals surface area (Å²) in [7, 11) is 0. The van der Waals surface area contributed by atoms with Crippen molar-refractivity contribution in [3.63, 3.8) is 0 Å². The van der Waals surface area contributed by atoms with Crippen LogP contribution in [-0.2, 0) is 11.3 Å². The average molecular weight is 369 g/mol. The lowest BCUT2D eigenvalue weighted by molar-refractivity contribution is -0.125. The first kappa shape index (κ1) is 17.0. The standard InChI is InChI=1S/C20H20FN3OS/c21-16-8-2-1-6-14(16)12-22-19(25)15-7-5-11-24(13-15)20-23-17-9-3-4-10-18(17)26-20/h1-4,6,8-10,15H,5,7,11-13H2,(H,22,25)/t15-/m0/s1. The first-order valence-electron chi connectivity index (χ1n) is 8.82. The molecule has 0 saturated carbocycles. The van der Waals surface area contributed by atoms with E-state index in [1.807, 2.05) is 18.2 Å². The molecular weight excluding hydrogens is 349 g/mol. The van der Waals surface area contributed by atoms with Crippen LogP contribution in [0.2, 0.25) is 0 Å². The molecule has 2 aromatic carbocycles. The maximum Gasteiger partial charge on any atom is 0.225 e. The summed E-state index contributed by atoms with van der Waals surface area (Å²) in [6, 6.07) is 14.6.